The van der Waals surface area contributed by atoms with E-state index in [0.29, 0.717) is 18.4 Å². The van der Waals surface area contributed by atoms with Gasteiger partial charge in [-0.3, -0.25) is 9.69 Å². The fourth-order valence-electron chi connectivity index (χ4n) is 8.61. The highest BCUT2D eigenvalue weighted by Crippen LogP contribution is 2.58. The molecule has 1 amide bonds. The van der Waals surface area contributed by atoms with Crippen LogP contribution in [0.3, 0.4) is 0 Å². The van der Waals surface area contributed by atoms with Crippen LogP contribution in [0.25, 0.3) is 0 Å². The number of amides is 1. The Balaban J connectivity index is 1.67. The Morgan fingerprint density at radius 1 is 1.07 bits per heavy atom. The normalized spacial score (nSPS) is 35.3. The van der Waals surface area contributed by atoms with Crippen LogP contribution in [0.4, 0.5) is 9.59 Å². The van der Waals surface area contributed by atoms with E-state index in [0.717, 1.165) is 11.3 Å². The smallest absolute Gasteiger partial charge is 0.454 e. The number of halogens is 1. The Kier molecular flexibility index (Phi) is 11.1. The number of rotatable bonds is 6. The Hall–Kier alpha value is -3.62. The van der Waals surface area contributed by atoms with Gasteiger partial charge in [-0.1, -0.05) is 62.2 Å². The number of esters is 2. The third-order valence-corrected chi connectivity index (χ3v) is 11.6. The average Bonchev–Trinajstić information content (AvgIpc) is 3.37. The first-order valence-corrected chi connectivity index (χ1v) is 18.9. The third kappa shape index (κ3) is 7.37. The lowest BCUT2D eigenvalue weighted by atomic mass is 9.50. The highest BCUT2D eigenvalue weighted by Gasteiger charge is 2.69. The highest BCUT2D eigenvalue weighted by atomic mass is 35.5. The van der Waals surface area contributed by atoms with Crippen LogP contribution < -0.4 is 0 Å². The monoisotopic (exact) mass is 778 g/mol. The minimum absolute atomic E-state index is 0.142. The van der Waals surface area contributed by atoms with Crippen molar-refractivity contribution in [1.29, 1.82) is 0 Å². The van der Waals surface area contributed by atoms with E-state index in [1.807, 2.05) is 26.8 Å². The predicted molar refractivity (Wildman–Crippen MR) is 196 cm³/mol. The van der Waals surface area contributed by atoms with Crippen LogP contribution in [0.2, 0.25) is 0 Å². The molecule has 300 valence electrons. The number of hydrogen-bond acceptors (Lipinski definition) is 13. The van der Waals surface area contributed by atoms with Gasteiger partial charge in [-0.2, -0.15) is 0 Å². The van der Waals surface area contributed by atoms with Crippen molar-refractivity contribution in [3.05, 3.63) is 34.4 Å². The number of carbonyl (C=O) groups is 4. The average molecular weight is 779 g/mol. The molecular weight excluding hydrogens is 724 g/mol. The molecule has 5 aliphatic rings. The third-order valence-electron chi connectivity index (χ3n) is 11.2. The maximum atomic E-state index is 15.0. The first-order chi connectivity index (χ1) is 24.9. The van der Waals surface area contributed by atoms with Gasteiger partial charge in [0.25, 0.3) is 0 Å². The molecule has 0 bridgehead atoms. The molecule has 0 aromatic rings. The lowest BCUT2D eigenvalue weighted by Gasteiger charge is -2.60. The molecule has 2 aliphatic heterocycles. The Morgan fingerprint density at radius 3 is 2.31 bits per heavy atom. The van der Waals surface area contributed by atoms with Crippen molar-refractivity contribution in [3.8, 4) is 0 Å². The van der Waals surface area contributed by atoms with E-state index >= 15 is 0 Å². The molecule has 2 unspecified atom stereocenters. The standard InChI is InChI=1S/C39H55ClN2O12/c1-20-15-25-28(26(40)16-20)41-54-32-38(25,53-34(47)52-36(8,9)10)18-27(42(32)33(46)51-35(5,6)7)31(45)50-30-29(49-23(4)44)21(2)17-24-13-12-14-37(11,22(3)19-43)39(24,30)48/h15-17,20,22,24,27,29-30,32,43,48H,12-14,18-19H2,1-11H3/t20?,22?,24-,27-,29+,30-,32+,37+,38+,39-/m0/s1. The van der Waals surface area contributed by atoms with Gasteiger partial charge in [-0.15, -0.1) is 0 Å². The van der Waals surface area contributed by atoms with Crippen LogP contribution in [0, 0.1) is 23.2 Å². The first kappa shape index (κ1) is 41.5. The van der Waals surface area contributed by atoms with Crippen LogP contribution in [0.1, 0.15) is 102 Å². The maximum absolute atomic E-state index is 15.0. The van der Waals surface area contributed by atoms with Crippen molar-refractivity contribution < 1.29 is 57.9 Å². The molecule has 0 spiro atoms. The fraction of sp³-hybridized carbons (Fsp3) is 0.718. The number of aliphatic hydroxyl groups is 2. The summed E-state index contributed by atoms with van der Waals surface area (Å²) in [6.45, 7) is 18.1. The summed E-state index contributed by atoms with van der Waals surface area (Å²) in [5, 5.41) is 27.8. The zero-order valence-corrected chi connectivity index (χ0v) is 33.8. The number of oxime groups is 1. The quantitative estimate of drug-likeness (QED) is 0.181. The summed E-state index contributed by atoms with van der Waals surface area (Å²) in [5.41, 5.74) is -5.79. The van der Waals surface area contributed by atoms with Gasteiger partial charge in [0.1, 0.15) is 28.6 Å². The molecule has 10 atom stereocenters. The van der Waals surface area contributed by atoms with E-state index in [1.165, 1.54) is 6.92 Å². The number of ether oxygens (including phenoxy) is 5. The molecular formula is C39H55ClN2O12. The van der Waals surface area contributed by atoms with Crippen molar-refractivity contribution in [2.24, 2.45) is 28.3 Å². The Labute approximate surface area is 321 Å². The van der Waals surface area contributed by atoms with E-state index in [-0.39, 0.29) is 28.8 Å². The van der Waals surface area contributed by atoms with E-state index in [4.69, 9.17) is 40.1 Å². The Bertz CT molecular complexity index is 1670. The van der Waals surface area contributed by atoms with Crippen molar-refractivity contribution in [1.82, 2.24) is 4.90 Å². The predicted octanol–water partition coefficient (Wildman–Crippen LogP) is 6.07. The second-order valence-corrected chi connectivity index (χ2v) is 17.9. The van der Waals surface area contributed by atoms with Gasteiger partial charge < -0.3 is 38.7 Å². The molecule has 0 aromatic carbocycles. The van der Waals surface area contributed by atoms with Crippen molar-refractivity contribution in [3.63, 3.8) is 0 Å². The number of allylic oxidation sites excluding steroid dienone is 3. The van der Waals surface area contributed by atoms with Crippen LogP contribution >= 0.6 is 11.6 Å². The SMILES string of the molecule is CC(=O)O[C@@H]1C(C)=C[C@@H]2CCC[C@](C)(C(C)CO)[C@@]2(O)[C@H]1OC(=O)[C@@H]1C[C@@]2(OC(=O)OC(C)(C)C)C3=CC(C)C=C(Cl)C3=NO[C@H]2N1C(=O)OC(C)(C)C. The van der Waals surface area contributed by atoms with E-state index in [2.05, 4.69) is 5.16 Å². The largest absolute Gasteiger partial charge is 0.509 e. The van der Waals surface area contributed by atoms with Crippen LogP contribution in [-0.2, 0) is 38.1 Å². The summed E-state index contributed by atoms with van der Waals surface area (Å²) in [6.07, 6.45) is 0.299. The number of hydrogen-bond donors (Lipinski definition) is 2. The molecule has 2 N–H and O–H groups in total. The van der Waals surface area contributed by atoms with Gasteiger partial charge in [-0.25, -0.2) is 14.4 Å². The van der Waals surface area contributed by atoms with Crippen molar-refractivity contribution in [2.75, 3.05) is 6.61 Å². The molecule has 54 heavy (non-hydrogen) atoms. The number of fused-ring (bicyclic) bond motifs is 4. The molecule has 3 aliphatic carbocycles. The fourth-order valence-corrected chi connectivity index (χ4v) is 8.95. The van der Waals surface area contributed by atoms with Crippen LogP contribution in [0.15, 0.2) is 39.6 Å². The molecule has 2 fully saturated rings. The zero-order chi connectivity index (χ0) is 40.3. The molecule has 14 nitrogen and oxygen atoms in total. The van der Waals surface area contributed by atoms with Gasteiger partial charge in [0.2, 0.25) is 11.8 Å². The number of nitrogens with zero attached hydrogens (tertiary/aromatic N) is 2. The van der Waals surface area contributed by atoms with E-state index in [1.54, 1.807) is 60.6 Å². The summed E-state index contributed by atoms with van der Waals surface area (Å²) < 4.78 is 29.7. The molecule has 0 radical (unpaired) electrons. The highest BCUT2D eigenvalue weighted by molar-refractivity contribution is 6.47. The summed E-state index contributed by atoms with van der Waals surface area (Å²) in [7, 11) is 0. The van der Waals surface area contributed by atoms with Crippen molar-refractivity contribution in [2.45, 2.75) is 149 Å². The molecule has 2 heterocycles. The minimum Gasteiger partial charge on any atom is -0.454 e. The van der Waals surface area contributed by atoms with Gasteiger partial charge >= 0.3 is 24.2 Å². The van der Waals surface area contributed by atoms with E-state index < -0.39 is 94.7 Å². The van der Waals surface area contributed by atoms with E-state index in [9.17, 15) is 29.4 Å². The molecule has 5 rings (SSSR count). The van der Waals surface area contributed by atoms with Gasteiger partial charge in [0.15, 0.2) is 12.2 Å². The number of aliphatic hydroxyl groups excluding tert-OH is 1. The molecule has 0 aromatic heterocycles. The number of carbonyl (C=O) groups excluding carboxylic acids is 4. The molecule has 1 saturated heterocycles. The minimum atomic E-state index is -1.91. The second kappa shape index (κ2) is 14.5. The van der Waals surface area contributed by atoms with Crippen molar-refractivity contribution >= 4 is 41.5 Å². The lowest BCUT2D eigenvalue weighted by molar-refractivity contribution is -0.252. The van der Waals surface area contributed by atoms with Gasteiger partial charge in [0.05, 0.1) is 5.03 Å². The van der Waals surface area contributed by atoms with Gasteiger partial charge in [0, 0.05) is 36.9 Å². The second-order valence-electron chi connectivity index (χ2n) is 17.5. The lowest BCUT2D eigenvalue weighted by Crippen LogP contribution is -2.70. The summed E-state index contributed by atoms with van der Waals surface area (Å²) in [6, 6.07) is -1.57. The van der Waals surface area contributed by atoms with Gasteiger partial charge in [-0.05, 0) is 78.7 Å². The molecule has 15 heteroatoms. The van der Waals surface area contributed by atoms with Crippen LogP contribution in [-0.4, -0.2) is 98.5 Å². The summed E-state index contributed by atoms with van der Waals surface area (Å²) >= 11 is 6.66. The number of likely N-dealkylation sites (tertiary alicyclic amines) is 1. The first-order valence-electron chi connectivity index (χ1n) is 18.5. The maximum Gasteiger partial charge on any atom is 0.509 e. The summed E-state index contributed by atoms with van der Waals surface area (Å²) in [4.78, 5) is 62.3. The van der Waals surface area contributed by atoms with Crippen LogP contribution in [0.5, 0.6) is 0 Å². The Morgan fingerprint density at radius 2 is 1.72 bits per heavy atom. The molecule has 1 saturated carbocycles. The zero-order valence-electron chi connectivity index (χ0n) is 33.1. The topological polar surface area (TPSA) is 180 Å². The summed E-state index contributed by atoms with van der Waals surface area (Å²) in [5.74, 6) is -2.97.